The predicted octanol–water partition coefficient (Wildman–Crippen LogP) is 3.91. The molecule has 0 atom stereocenters. The summed E-state index contributed by atoms with van der Waals surface area (Å²) in [4.78, 5) is 22.7. The van der Waals surface area contributed by atoms with Crippen LogP contribution in [0, 0.1) is 21.4 Å². The fraction of sp³-hybridized carbons (Fsp3) is 0. The Balaban J connectivity index is 1.82. The molecule has 1 amide bonds. The zero-order chi connectivity index (χ0) is 20.1. The maximum Gasteiger partial charge on any atom is 0.271 e. The van der Waals surface area contributed by atoms with Crippen molar-refractivity contribution < 1.29 is 14.8 Å². The zero-order valence-corrected chi connectivity index (χ0v) is 14.4. The number of phenolic OH excluding ortho intramolecular Hbond substituents is 1. The average molecular weight is 374 g/mol. The van der Waals surface area contributed by atoms with Crippen LogP contribution < -0.4 is 10.6 Å². The summed E-state index contributed by atoms with van der Waals surface area (Å²) in [6.07, 6.45) is 1.18. The lowest BCUT2D eigenvalue weighted by Gasteiger charge is -2.09. The number of anilines is 2. The summed E-state index contributed by atoms with van der Waals surface area (Å²) in [6.45, 7) is 0. The summed E-state index contributed by atoms with van der Waals surface area (Å²) in [5, 5.41) is 36.6. The van der Waals surface area contributed by atoms with E-state index in [1.807, 2.05) is 0 Å². The number of nitrogens with one attached hydrogen (secondary N) is 2. The van der Waals surface area contributed by atoms with E-state index in [2.05, 4.69) is 10.6 Å². The maximum atomic E-state index is 12.5. The largest absolute Gasteiger partial charge is 0.507 e. The minimum atomic E-state index is -0.656. The number of nitro groups is 1. The zero-order valence-electron chi connectivity index (χ0n) is 14.4. The predicted molar refractivity (Wildman–Crippen MR) is 105 cm³/mol. The Morgan fingerprint density at radius 1 is 1.11 bits per heavy atom. The highest BCUT2D eigenvalue weighted by Crippen LogP contribution is 2.30. The summed E-state index contributed by atoms with van der Waals surface area (Å²) in [5.74, 6) is -0.576. The van der Waals surface area contributed by atoms with Gasteiger partial charge in [0.1, 0.15) is 17.4 Å². The maximum absolute atomic E-state index is 12.5. The van der Waals surface area contributed by atoms with E-state index in [1.54, 1.807) is 42.5 Å². The third-order valence-electron chi connectivity index (χ3n) is 3.95. The molecule has 3 rings (SSSR count). The van der Waals surface area contributed by atoms with Crippen LogP contribution in [-0.2, 0) is 4.79 Å². The molecule has 0 heterocycles. The van der Waals surface area contributed by atoms with Crippen molar-refractivity contribution in [3.8, 4) is 11.8 Å². The highest BCUT2D eigenvalue weighted by Gasteiger charge is 2.12. The molecule has 0 fully saturated rings. The van der Waals surface area contributed by atoms with Gasteiger partial charge < -0.3 is 15.7 Å². The van der Waals surface area contributed by atoms with Crippen molar-refractivity contribution >= 4 is 33.7 Å². The molecule has 0 spiro atoms. The first-order valence-electron chi connectivity index (χ1n) is 8.13. The van der Waals surface area contributed by atoms with E-state index >= 15 is 0 Å². The van der Waals surface area contributed by atoms with E-state index in [0.717, 1.165) is 0 Å². The number of carbonyl (C=O) groups is 1. The lowest BCUT2D eigenvalue weighted by molar-refractivity contribution is -0.384. The van der Waals surface area contributed by atoms with Crippen molar-refractivity contribution in [3.63, 3.8) is 0 Å². The Morgan fingerprint density at radius 2 is 1.82 bits per heavy atom. The van der Waals surface area contributed by atoms with E-state index in [1.165, 1.54) is 30.5 Å². The molecule has 28 heavy (non-hydrogen) atoms. The lowest BCUT2D eigenvalue weighted by Crippen LogP contribution is -2.14. The number of benzene rings is 3. The molecule has 0 aliphatic carbocycles. The SMILES string of the molecule is N#C/C(=C/Nc1cccc([N+](=O)[O-])c1)C(=O)Nc1cccc2c(O)cccc12. The average Bonchev–Trinajstić information content (AvgIpc) is 2.69. The number of aromatic hydroxyl groups is 1. The number of amides is 1. The topological polar surface area (TPSA) is 128 Å². The number of carbonyl (C=O) groups excluding carboxylic acids is 1. The van der Waals surface area contributed by atoms with Crippen LogP contribution in [-0.4, -0.2) is 15.9 Å². The summed E-state index contributed by atoms with van der Waals surface area (Å²) >= 11 is 0. The van der Waals surface area contributed by atoms with Crippen molar-refractivity contribution in [2.24, 2.45) is 0 Å². The van der Waals surface area contributed by atoms with Crippen molar-refractivity contribution in [2.45, 2.75) is 0 Å². The normalized spacial score (nSPS) is 10.9. The number of rotatable bonds is 5. The van der Waals surface area contributed by atoms with Gasteiger partial charge in [-0.05, 0) is 18.2 Å². The minimum absolute atomic E-state index is 0.0805. The van der Waals surface area contributed by atoms with Crippen LogP contribution in [0.3, 0.4) is 0 Å². The summed E-state index contributed by atoms with van der Waals surface area (Å²) in [6, 6.07) is 17.5. The Hall–Kier alpha value is -4.38. The number of phenols is 1. The number of nitriles is 1. The number of fused-ring (bicyclic) bond motifs is 1. The molecule has 0 unspecified atom stereocenters. The van der Waals surface area contributed by atoms with Gasteiger partial charge in [0, 0.05) is 40.5 Å². The number of non-ortho nitro benzene ring substituents is 1. The van der Waals surface area contributed by atoms with Gasteiger partial charge >= 0.3 is 0 Å². The highest BCUT2D eigenvalue weighted by atomic mass is 16.6. The first-order chi connectivity index (χ1) is 13.5. The van der Waals surface area contributed by atoms with Gasteiger partial charge in [-0.15, -0.1) is 0 Å². The molecular weight excluding hydrogens is 360 g/mol. The molecule has 0 aliphatic heterocycles. The van der Waals surface area contributed by atoms with Gasteiger partial charge in [0.15, 0.2) is 0 Å². The van der Waals surface area contributed by atoms with Crippen LogP contribution in [0.25, 0.3) is 10.8 Å². The van der Waals surface area contributed by atoms with Crippen LogP contribution in [0.15, 0.2) is 72.4 Å². The summed E-state index contributed by atoms with van der Waals surface area (Å²) < 4.78 is 0. The van der Waals surface area contributed by atoms with Crippen LogP contribution in [0.4, 0.5) is 17.1 Å². The molecule has 0 aliphatic rings. The first-order valence-corrected chi connectivity index (χ1v) is 8.13. The standard InChI is InChI=1S/C20H14N4O4/c21-11-13(12-22-14-4-1-5-15(10-14)24(27)28)20(26)23-18-8-2-7-17-16(18)6-3-9-19(17)25/h1-10,12,22,25H,(H,23,26)/b13-12-. The van der Waals surface area contributed by atoms with E-state index < -0.39 is 10.8 Å². The molecule has 138 valence electrons. The number of nitrogens with zero attached hydrogens (tertiary/aromatic N) is 2. The van der Waals surface area contributed by atoms with E-state index in [4.69, 9.17) is 0 Å². The highest BCUT2D eigenvalue weighted by molar-refractivity contribution is 6.11. The number of nitro benzene ring substituents is 1. The Kier molecular flexibility index (Phi) is 5.18. The molecule has 3 aromatic rings. The molecule has 0 bridgehead atoms. The van der Waals surface area contributed by atoms with Crippen molar-refractivity contribution in [2.75, 3.05) is 10.6 Å². The molecule has 8 nitrogen and oxygen atoms in total. The summed E-state index contributed by atoms with van der Waals surface area (Å²) in [5.41, 5.74) is 0.473. The molecule has 0 aromatic heterocycles. The lowest BCUT2D eigenvalue weighted by atomic mass is 10.1. The molecule has 3 N–H and O–H groups in total. The second-order valence-corrected chi connectivity index (χ2v) is 5.75. The second kappa shape index (κ2) is 7.88. The van der Waals surface area contributed by atoms with E-state index in [0.29, 0.717) is 22.1 Å². The molecule has 8 heteroatoms. The van der Waals surface area contributed by atoms with Gasteiger partial charge in [0.05, 0.1) is 4.92 Å². The van der Waals surface area contributed by atoms with Crippen molar-refractivity contribution in [1.29, 1.82) is 5.26 Å². The monoisotopic (exact) mass is 374 g/mol. The van der Waals surface area contributed by atoms with Crippen molar-refractivity contribution in [3.05, 3.63) is 82.6 Å². The van der Waals surface area contributed by atoms with Gasteiger partial charge in [-0.1, -0.05) is 30.3 Å². The molecular formula is C20H14N4O4. The van der Waals surface area contributed by atoms with Gasteiger partial charge in [0.2, 0.25) is 0 Å². The van der Waals surface area contributed by atoms with Crippen LogP contribution >= 0.6 is 0 Å². The van der Waals surface area contributed by atoms with Crippen LogP contribution in [0.2, 0.25) is 0 Å². The smallest absolute Gasteiger partial charge is 0.271 e. The minimum Gasteiger partial charge on any atom is -0.507 e. The Labute approximate surface area is 159 Å². The summed E-state index contributed by atoms with van der Waals surface area (Å²) in [7, 11) is 0. The first kappa shape index (κ1) is 18.4. The van der Waals surface area contributed by atoms with Crippen LogP contribution in [0.1, 0.15) is 0 Å². The second-order valence-electron chi connectivity index (χ2n) is 5.75. The van der Waals surface area contributed by atoms with Gasteiger partial charge in [0.25, 0.3) is 11.6 Å². The van der Waals surface area contributed by atoms with Gasteiger partial charge in [-0.25, -0.2) is 0 Å². The van der Waals surface area contributed by atoms with Gasteiger partial charge in [-0.2, -0.15) is 5.26 Å². The Morgan fingerprint density at radius 3 is 2.57 bits per heavy atom. The third-order valence-corrected chi connectivity index (χ3v) is 3.95. The Bertz CT molecular complexity index is 1150. The van der Waals surface area contributed by atoms with E-state index in [-0.39, 0.29) is 17.0 Å². The number of hydrogen-bond donors (Lipinski definition) is 3. The molecule has 0 saturated carbocycles. The molecule has 0 radical (unpaired) electrons. The number of hydrogen-bond acceptors (Lipinski definition) is 6. The fourth-order valence-electron chi connectivity index (χ4n) is 2.61. The fourth-order valence-corrected chi connectivity index (χ4v) is 2.61. The molecule has 0 saturated heterocycles. The van der Waals surface area contributed by atoms with Crippen molar-refractivity contribution in [1.82, 2.24) is 0 Å². The van der Waals surface area contributed by atoms with Crippen LogP contribution in [0.5, 0.6) is 5.75 Å². The third kappa shape index (κ3) is 3.89. The van der Waals surface area contributed by atoms with E-state index in [9.17, 15) is 25.3 Å². The quantitative estimate of drug-likeness (QED) is 0.269. The van der Waals surface area contributed by atoms with Gasteiger partial charge in [-0.3, -0.25) is 14.9 Å². The molecule has 3 aromatic carbocycles.